The summed E-state index contributed by atoms with van der Waals surface area (Å²) in [6.45, 7) is 3.95. The van der Waals surface area contributed by atoms with Crippen molar-refractivity contribution in [2.24, 2.45) is 0 Å². The van der Waals surface area contributed by atoms with Crippen LogP contribution in [0.5, 0.6) is 5.75 Å². The van der Waals surface area contributed by atoms with Gasteiger partial charge in [0.2, 0.25) is 0 Å². The van der Waals surface area contributed by atoms with Crippen molar-refractivity contribution in [1.29, 1.82) is 0 Å². The lowest BCUT2D eigenvalue weighted by atomic mass is 9.91. The summed E-state index contributed by atoms with van der Waals surface area (Å²) in [5.41, 5.74) is 0.749. The van der Waals surface area contributed by atoms with Crippen molar-refractivity contribution in [2.75, 3.05) is 19.8 Å². The predicted molar refractivity (Wildman–Crippen MR) is 74.8 cm³/mol. The molecule has 0 radical (unpaired) electrons. The van der Waals surface area contributed by atoms with Crippen LogP contribution in [0, 0.1) is 0 Å². The Kier molecular flexibility index (Phi) is 3.96. The van der Waals surface area contributed by atoms with E-state index in [0.717, 1.165) is 43.8 Å². The van der Waals surface area contributed by atoms with Crippen LogP contribution in [-0.4, -0.2) is 36.6 Å². The van der Waals surface area contributed by atoms with Gasteiger partial charge in [-0.05, 0) is 24.6 Å². The standard InChI is InChI=1S/C16H22O4/c1-12(17)13-3-2-4-14(9-13)20-15-5-7-19-16(10-15)6-8-18-11-16/h2-4,9,12,15,17H,5-8,10-11H2,1H3. The van der Waals surface area contributed by atoms with E-state index < -0.39 is 6.10 Å². The highest BCUT2D eigenvalue weighted by molar-refractivity contribution is 5.29. The fourth-order valence-corrected chi connectivity index (χ4v) is 2.99. The molecular formula is C16H22O4. The van der Waals surface area contributed by atoms with Gasteiger partial charge in [-0.15, -0.1) is 0 Å². The van der Waals surface area contributed by atoms with E-state index in [-0.39, 0.29) is 11.7 Å². The van der Waals surface area contributed by atoms with Gasteiger partial charge >= 0.3 is 0 Å². The molecule has 0 amide bonds. The summed E-state index contributed by atoms with van der Waals surface area (Å²) < 4.78 is 17.5. The van der Waals surface area contributed by atoms with Crippen LogP contribution < -0.4 is 4.74 Å². The largest absolute Gasteiger partial charge is 0.490 e. The first-order valence-electron chi connectivity index (χ1n) is 7.33. The van der Waals surface area contributed by atoms with E-state index in [1.807, 2.05) is 24.3 Å². The fourth-order valence-electron chi connectivity index (χ4n) is 2.99. The van der Waals surface area contributed by atoms with Crippen molar-refractivity contribution >= 4 is 0 Å². The van der Waals surface area contributed by atoms with Crippen molar-refractivity contribution in [2.45, 2.75) is 44.0 Å². The summed E-state index contributed by atoms with van der Waals surface area (Å²) >= 11 is 0. The third-order valence-corrected chi connectivity index (χ3v) is 4.16. The average molecular weight is 278 g/mol. The van der Waals surface area contributed by atoms with Gasteiger partial charge in [-0.3, -0.25) is 0 Å². The Morgan fingerprint density at radius 2 is 2.30 bits per heavy atom. The van der Waals surface area contributed by atoms with Gasteiger partial charge in [-0.1, -0.05) is 12.1 Å². The maximum atomic E-state index is 9.63. The van der Waals surface area contributed by atoms with Crippen LogP contribution in [0.1, 0.15) is 37.9 Å². The van der Waals surface area contributed by atoms with Crippen LogP contribution in [0.4, 0.5) is 0 Å². The number of rotatable bonds is 3. The molecule has 4 nitrogen and oxygen atoms in total. The Balaban J connectivity index is 1.66. The van der Waals surface area contributed by atoms with E-state index >= 15 is 0 Å². The normalized spacial score (nSPS) is 31.4. The molecule has 1 aromatic rings. The summed E-state index contributed by atoms with van der Waals surface area (Å²) in [5, 5.41) is 9.63. The summed E-state index contributed by atoms with van der Waals surface area (Å²) in [7, 11) is 0. The molecule has 20 heavy (non-hydrogen) atoms. The lowest BCUT2D eigenvalue weighted by Gasteiger charge is -2.37. The first-order valence-corrected chi connectivity index (χ1v) is 7.33. The maximum Gasteiger partial charge on any atom is 0.120 e. The minimum Gasteiger partial charge on any atom is -0.490 e. The van der Waals surface area contributed by atoms with Gasteiger partial charge in [-0.2, -0.15) is 0 Å². The SMILES string of the molecule is CC(O)c1cccc(OC2CCOC3(CCOC3)C2)c1. The number of ether oxygens (including phenoxy) is 3. The molecule has 2 saturated heterocycles. The topological polar surface area (TPSA) is 47.9 Å². The van der Waals surface area contributed by atoms with Gasteiger partial charge < -0.3 is 19.3 Å². The summed E-state index contributed by atoms with van der Waals surface area (Å²) in [5.74, 6) is 0.823. The molecule has 2 aliphatic heterocycles. The Labute approximate surface area is 119 Å². The molecule has 0 saturated carbocycles. The van der Waals surface area contributed by atoms with Crippen molar-refractivity contribution in [3.8, 4) is 5.75 Å². The van der Waals surface area contributed by atoms with Crippen LogP contribution in [0.15, 0.2) is 24.3 Å². The van der Waals surface area contributed by atoms with E-state index in [0.29, 0.717) is 6.61 Å². The molecule has 110 valence electrons. The second-order valence-corrected chi connectivity index (χ2v) is 5.82. The number of aliphatic hydroxyl groups is 1. The number of hydrogen-bond donors (Lipinski definition) is 1. The van der Waals surface area contributed by atoms with Crippen LogP contribution >= 0.6 is 0 Å². The fraction of sp³-hybridized carbons (Fsp3) is 0.625. The third kappa shape index (κ3) is 2.97. The van der Waals surface area contributed by atoms with Gasteiger partial charge in [0.15, 0.2) is 0 Å². The third-order valence-electron chi connectivity index (χ3n) is 4.16. The first-order chi connectivity index (χ1) is 9.67. The minimum absolute atomic E-state index is 0.134. The molecule has 1 spiro atoms. The zero-order valence-corrected chi connectivity index (χ0v) is 11.9. The molecule has 0 bridgehead atoms. The second-order valence-electron chi connectivity index (χ2n) is 5.82. The molecule has 3 unspecified atom stereocenters. The molecule has 2 aliphatic rings. The van der Waals surface area contributed by atoms with Gasteiger partial charge in [0, 0.05) is 25.9 Å². The summed E-state index contributed by atoms with van der Waals surface area (Å²) in [4.78, 5) is 0. The highest BCUT2D eigenvalue weighted by Crippen LogP contribution is 2.34. The van der Waals surface area contributed by atoms with Crippen LogP contribution in [0.2, 0.25) is 0 Å². The molecule has 1 N–H and O–H groups in total. The zero-order valence-electron chi connectivity index (χ0n) is 11.9. The minimum atomic E-state index is -0.470. The Morgan fingerprint density at radius 3 is 3.05 bits per heavy atom. The van der Waals surface area contributed by atoms with Gasteiger partial charge in [0.1, 0.15) is 11.9 Å². The number of aliphatic hydroxyl groups excluding tert-OH is 1. The zero-order chi connectivity index (χ0) is 14.0. The van der Waals surface area contributed by atoms with Crippen molar-refractivity contribution in [3.63, 3.8) is 0 Å². The molecule has 3 atom stereocenters. The molecule has 4 heteroatoms. The smallest absolute Gasteiger partial charge is 0.120 e. The molecule has 1 aromatic carbocycles. The lowest BCUT2D eigenvalue weighted by molar-refractivity contribution is -0.112. The highest BCUT2D eigenvalue weighted by Gasteiger charge is 2.41. The second kappa shape index (κ2) is 5.72. The Bertz CT molecular complexity index is 452. The molecule has 2 heterocycles. The number of benzene rings is 1. The van der Waals surface area contributed by atoms with Crippen molar-refractivity contribution in [3.05, 3.63) is 29.8 Å². The first kappa shape index (κ1) is 13.9. The van der Waals surface area contributed by atoms with Crippen LogP contribution in [0.25, 0.3) is 0 Å². The lowest BCUT2D eigenvalue weighted by Crippen LogP contribution is -2.44. The van der Waals surface area contributed by atoms with E-state index in [9.17, 15) is 5.11 Å². The van der Waals surface area contributed by atoms with Gasteiger partial charge in [-0.25, -0.2) is 0 Å². The van der Waals surface area contributed by atoms with Crippen molar-refractivity contribution < 1.29 is 19.3 Å². The monoisotopic (exact) mass is 278 g/mol. The maximum absolute atomic E-state index is 9.63. The average Bonchev–Trinajstić information content (AvgIpc) is 2.87. The number of hydrogen-bond acceptors (Lipinski definition) is 4. The van der Waals surface area contributed by atoms with Gasteiger partial charge in [0.05, 0.1) is 24.9 Å². The highest BCUT2D eigenvalue weighted by atomic mass is 16.6. The van der Waals surface area contributed by atoms with Gasteiger partial charge in [0.25, 0.3) is 0 Å². The van der Waals surface area contributed by atoms with Crippen LogP contribution in [0.3, 0.4) is 0 Å². The van der Waals surface area contributed by atoms with Crippen molar-refractivity contribution in [1.82, 2.24) is 0 Å². The van der Waals surface area contributed by atoms with Crippen LogP contribution in [-0.2, 0) is 9.47 Å². The van der Waals surface area contributed by atoms with E-state index in [4.69, 9.17) is 14.2 Å². The molecule has 0 aliphatic carbocycles. The molecule has 0 aromatic heterocycles. The molecule has 2 fully saturated rings. The van der Waals surface area contributed by atoms with E-state index in [2.05, 4.69) is 0 Å². The molecular weight excluding hydrogens is 256 g/mol. The quantitative estimate of drug-likeness (QED) is 0.922. The summed E-state index contributed by atoms with van der Waals surface area (Å²) in [6.07, 6.45) is 2.44. The van der Waals surface area contributed by atoms with E-state index in [1.54, 1.807) is 6.92 Å². The Morgan fingerprint density at radius 1 is 1.40 bits per heavy atom. The van der Waals surface area contributed by atoms with E-state index in [1.165, 1.54) is 0 Å². The Hall–Kier alpha value is -1.10. The molecule has 3 rings (SSSR count). The predicted octanol–water partition coefficient (Wildman–Crippen LogP) is 2.46. The summed E-state index contributed by atoms with van der Waals surface area (Å²) in [6, 6.07) is 7.69.